The van der Waals surface area contributed by atoms with Crippen molar-refractivity contribution in [1.29, 1.82) is 0 Å². The number of esters is 1. The Morgan fingerprint density at radius 3 is 2.67 bits per heavy atom. The third-order valence-corrected chi connectivity index (χ3v) is 2.57. The zero-order valence-corrected chi connectivity index (χ0v) is 11.3. The van der Waals surface area contributed by atoms with Crippen LogP contribution in [0.2, 0.25) is 0 Å². The normalized spacial score (nSPS) is 10.0. The second kappa shape index (κ2) is 5.95. The number of nitro benzene ring substituents is 1. The van der Waals surface area contributed by atoms with Gasteiger partial charge in [0.1, 0.15) is 17.6 Å². The first kappa shape index (κ1) is 14.4. The summed E-state index contributed by atoms with van der Waals surface area (Å²) in [6.45, 7) is 1.77. The summed E-state index contributed by atoms with van der Waals surface area (Å²) in [5.41, 5.74) is 0.161. The highest BCUT2D eigenvalue weighted by Gasteiger charge is 2.22. The molecule has 0 radical (unpaired) electrons. The maximum Gasteiger partial charge on any atom is 0.345 e. The number of methoxy groups -OCH3 is 1. The van der Waals surface area contributed by atoms with Gasteiger partial charge in [-0.3, -0.25) is 10.1 Å². The summed E-state index contributed by atoms with van der Waals surface area (Å²) < 4.78 is 9.97. The molecule has 0 aliphatic carbocycles. The van der Waals surface area contributed by atoms with Crippen LogP contribution in [-0.4, -0.2) is 28.0 Å². The van der Waals surface area contributed by atoms with Crippen LogP contribution in [0.3, 0.4) is 0 Å². The summed E-state index contributed by atoms with van der Waals surface area (Å²) in [5.74, 6) is -0.308. The van der Waals surface area contributed by atoms with Gasteiger partial charge in [0.05, 0.1) is 12.0 Å². The van der Waals surface area contributed by atoms with Gasteiger partial charge in [-0.05, 0) is 13.0 Å². The molecule has 0 N–H and O–H groups in total. The van der Waals surface area contributed by atoms with Gasteiger partial charge in [-0.25, -0.2) is 14.8 Å². The molecule has 0 atom stereocenters. The summed E-state index contributed by atoms with van der Waals surface area (Å²) in [7, 11) is 1.15. The van der Waals surface area contributed by atoms with Crippen molar-refractivity contribution < 1.29 is 19.2 Å². The Hall–Kier alpha value is -3.03. The maximum absolute atomic E-state index is 11.6. The number of hydrogen-bond acceptors (Lipinski definition) is 7. The second-order valence-electron chi connectivity index (χ2n) is 4.03. The molecule has 8 heteroatoms. The summed E-state index contributed by atoms with van der Waals surface area (Å²) >= 11 is 0. The van der Waals surface area contributed by atoms with Crippen molar-refractivity contribution >= 4 is 11.7 Å². The molecule has 0 saturated heterocycles. The van der Waals surface area contributed by atoms with Gasteiger partial charge in [0, 0.05) is 23.9 Å². The molecule has 8 nitrogen and oxygen atoms in total. The molecule has 0 spiro atoms. The Balaban J connectivity index is 2.37. The van der Waals surface area contributed by atoms with Gasteiger partial charge in [-0.15, -0.1) is 0 Å². The number of ether oxygens (including phenoxy) is 2. The second-order valence-corrected chi connectivity index (χ2v) is 4.03. The van der Waals surface area contributed by atoms with Crippen molar-refractivity contribution in [2.45, 2.75) is 6.92 Å². The molecule has 1 aromatic carbocycles. The number of carbonyl (C=O) groups excluding carboxylic acids is 1. The number of benzene rings is 1. The van der Waals surface area contributed by atoms with Crippen molar-refractivity contribution in [2.24, 2.45) is 0 Å². The van der Waals surface area contributed by atoms with E-state index in [0.717, 1.165) is 7.11 Å². The number of nitrogens with zero attached hydrogens (tertiary/aromatic N) is 3. The summed E-state index contributed by atoms with van der Waals surface area (Å²) in [5, 5.41) is 10.9. The van der Waals surface area contributed by atoms with Gasteiger partial charge in [0.2, 0.25) is 5.88 Å². The lowest BCUT2D eigenvalue weighted by Gasteiger charge is -2.07. The Morgan fingerprint density at radius 1 is 1.29 bits per heavy atom. The van der Waals surface area contributed by atoms with Crippen LogP contribution in [0.1, 0.15) is 16.1 Å². The molecule has 0 amide bonds. The molecule has 2 aromatic rings. The van der Waals surface area contributed by atoms with Crippen molar-refractivity contribution in [3.05, 3.63) is 52.0 Å². The molecule has 108 valence electrons. The van der Waals surface area contributed by atoms with E-state index >= 15 is 0 Å². The van der Waals surface area contributed by atoms with Crippen LogP contribution in [0.5, 0.6) is 11.6 Å². The van der Waals surface area contributed by atoms with Gasteiger partial charge >= 0.3 is 5.97 Å². The molecular weight excluding hydrogens is 278 g/mol. The maximum atomic E-state index is 11.6. The first-order valence-corrected chi connectivity index (χ1v) is 5.84. The monoisotopic (exact) mass is 289 g/mol. The van der Waals surface area contributed by atoms with Crippen LogP contribution < -0.4 is 4.74 Å². The quantitative estimate of drug-likeness (QED) is 0.483. The summed E-state index contributed by atoms with van der Waals surface area (Å²) in [6.07, 6.45) is 1.33. The highest BCUT2D eigenvalue weighted by molar-refractivity contribution is 5.94. The van der Waals surface area contributed by atoms with Crippen LogP contribution in [0.4, 0.5) is 5.69 Å². The molecule has 21 heavy (non-hydrogen) atoms. The fourth-order valence-electron chi connectivity index (χ4n) is 1.62. The zero-order valence-electron chi connectivity index (χ0n) is 11.3. The van der Waals surface area contributed by atoms with Gasteiger partial charge < -0.3 is 9.47 Å². The highest BCUT2D eigenvalue weighted by Crippen LogP contribution is 2.27. The topological polar surface area (TPSA) is 104 Å². The predicted octanol–water partition coefficient (Wildman–Crippen LogP) is 2.27. The minimum Gasteiger partial charge on any atom is -0.465 e. The van der Waals surface area contributed by atoms with Crippen molar-refractivity contribution in [1.82, 2.24) is 9.97 Å². The molecule has 0 aliphatic rings. The van der Waals surface area contributed by atoms with E-state index in [1.165, 1.54) is 24.5 Å². The van der Waals surface area contributed by atoms with E-state index in [4.69, 9.17) is 4.74 Å². The average Bonchev–Trinajstić information content (AvgIpc) is 2.46. The van der Waals surface area contributed by atoms with Crippen LogP contribution in [0.25, 0.3) is 0 Å². The van der Waals surface area contributed by atoms with Crippen molar-refractivity contribution in [2.75, 3.05) is 7.11 Å². The lowest BCUT2D eigenvalue weighted by atomic mass is 10.1. The number of hydrogen-bond donors (Lipinski definition) is 0. The van der Waals surface area contributed by atoms with Crippen LogP contribution in [-0.2, 0) is 4.74 Å². The lowest BCUT2D eigenvalue weighted by Crippen LogP contribution is -2.06. The minimum absolute atomic E-state index is 0.189. The zero-order chi connectivity index (χ0) is 15.4. The number of carbonyl (C=O) groups is 1. The van der Waals surface area contributed by atoms with Crippen molar-refractivity contribution in [3.8, 4) is 11.6 Å². The largest absolute Gasteiger partial charge is 0.465 e. The van der Waals surface area contributed by atoms with E-state index in [0.29, 0.717) is 5.69 Å². The van der Waals surface area contributed by atoms with E-state index < -0.39 is 10.9 Å². The fraction of sp³-hybridized carbons (Fsp3) is 0.154. The summed E-state index contributed by atoms with van der Waals surface area (Å²) in [4.78, 5) is 29.6. The Morgan fingerprint density at radius 2 is 2.05 bits per heavy atom. The first-order valence-electron chi connectivity index (χ1n) is 5.84. The average molecular weight is 289 g/mol. The molecule has 1 heterocycles. The Bertz CT molecular complexity index is 702. The highest BCUT2D eigenvalue weighted by atomic mass is 16.6. The molecule has 0 saturated carbocycles. The minimum atomic E-state index is -0.814. The summed E-state index contributed by atoms with van der Waals surface area (Å²) in [6, 6.07) is 5.39. The van der Waals surface area contributed by atoms with Gasteiger partial charge in [-0.2, -0.15) is 0 Å². The Labute approximate surface area is 119 Å². The van der Waals surface area contributed by atoms with Gasteiger partial charge in [-0.1, -0.05) is 0 Å². The molecule has 0 unspecified atom stereocenters. The molecule has 0 bridgehead atoms. The Kier molecular flexibility index (Phi) is 4.07. The number of aromatic nitrogens is 2. The third-order valence-electron chi connectivity index (χ3n) is 2.57. The lowest BCUT2D eigenvalue weighted by molar-refractivity contribution is -0.385. The van der Waals surface area contributed by atoms with Crippen molar-refractivity contribution in [3.63, 3.8) is 0 Å². The molecule has 1 aromatic heterocycles. The van der Waals surface area contributed by atoms with Gasteiger partial charge in [0.25, 0.3) is 5.69 Å². The number of rotatable bonds is 4. The molecule has 0 fully saturated rings. The van der Waals surface area contributed by atoms with Crippen LogP contribution in [0.15, 0.2) is 30.6 Å². The number of nitro groups is 1. The molecule has 0 aliphatic heterocycles. The molecular formula is C13H11N3O5. The molecule has 2 rings (SSSR count). The van der Waals surface area contributed by atoms with E-state index in [9.17, 15) is 14.9 Å². The van der Waals surface area contributed by atoms with Crippen LogP contribution in [0, 0.1) is 17.0 Å². The third kappa shape index (κ3) is 3.30. The van der Waals surface area contributed by atoms with E-state index in [1.54, 1.807) is 13.0 Å². The predicted molar refractivity (Wildman–Crippen MR) is 71.3 cm³/mol. The van der Waals surface area contributed by atoms with E-state index in [2.05, 4.69) is 14.7 Å². The van der Waals surface area contributed by atoms with E-state index in [-0.39, 0.29) is 22.9 Å². The number of aryl methyl sites for hydroxylation is 1. The standard InChI is InChI=1S/C13H11N3O5/c1-8-5-12(15-7-14-8)21-9-3-4-11(16(18)19)10(6-9)13(17)20-2/h3-7H,1-2H3. The smallest absolute Gasteiger partial charge is 0.345 e. The van der Waals surface area contributed by atoms with E-state index in [1.807, 2.05) is 0 Å². The first-order chi connectivity index (χ1) is 10.0. The van der Waals surface area contributed by atoms with Crippen LogP contribution >= 0.6 is 0 Å². The van der Waals surface area contributed by atoms with Gasteiger partial charge in [0.15, 0.2) is 0 Å². The fourth-order valence-corrected chi connectivity index (χ4v) is 1.62. The SMILES string of the molecule is COC(=O)c1cc(Oc2cc(C)ncn2)ccc1[N+](=O)[O-].